The molecule has 0 saturated carbocycles. The number of thiophene rings is 2. The van der Waals surface area contributed by atoms with E-state index in [0.717, 1.165) is 28.3 Å². The van der Waals surface area contributed by atoms with Crippen molar-refractivity contribution < 1.29 is 0 Å². The Morgan fingerprint density at radius 3 is 1.06 bits per heavy atom. The summed E-state index contributed by atoms with van der Waals surface area (Å²) in [5.74, 6) is 0. The zero-order chi connectivity index (χ0) is 74.6. The first-order chi connectivity index (χ1) is 56.6. The molecule has 6 aromatic heterocycles. The molecule has 0 atom stereocenters. The van der Waals surface area contributed by atoms with Gasteiger partial charge in [-0.1, -0.05) is 297 Å². The van der Waals surface area contributed by atoms with Crippen molar-refractivity contribution in [2.45, 2.75) is 0 Å². The van der Waals surface area contributed by atoms with E-state index in [0.29, 0.717) is 0 Å². The summed E-state index contributed by atoms with van der Waals surface area (Å²) in [6, 6.07) is 149. The number of rotatable bonds is 11. The maximum absolute atomic E-state index is 2.55. The molecule has 4 nitrogen and oxygen atoms in total. The molecule has 0 spiro atoms. The number of hydrogen-bond donors (Lipinski definition) is 0. The minimum absolute atomic E-state index is 1.11. The number of benzene rings is 18. The van der Waals surface area contributed by atoms with E-state index in [9.17, 15) is 0 Å². The molecule has 24 aromatic rings. The minimum Gasteiger partial charge on any atom is -0.309 e. The third-order valence-corrected chi connectivity index (χ3v) is 26.5. The Balaban J connectivity index is 0.601. The molecule has 0 N–H and O–H groups in total. The van der Waals surface area contributed by atoms with Crippen molar-refractivity contribution in [3.05, 3.63) is 400 Å². The molecular formula is C108H66N4S2. The molecule has 0 amide bonds. The molecule has 0 fully saturated rings. The highest BCUT2D eigenvalue weighted by Gasteiger charge is 2.27. The number of nitrogens with zero attached hydrogens (tertiary/aromatic N) is 4. The van der Waals surface area contributed by atoms with Gasteiger partial charge >= 0.3 is 0 Å². The van der Waals surface area contributed by atoms with Crippen molar-refractivity contribution in [3.63, 3.8) is 0 Å². The van der Waals surface area contributed by atoms with Crippen LogP contribution < -0.4 is 0 Å². The molecule has 18 aromatic carbocycles. The van der Waals surface area contributed by atoms with Crippen LogP contribution in [-0.4, -0.2) is 18.3 Å². The minimum atomic E-state index is 1.11. The first-order valence-electron chi connectivity index (χ1n) is 39.1. The average molecular weight is 1480 g/mol. The van der Waals surface area contributed by atoms with Crippen LogP contribution in [0.5, 0.6) is 0 Å². The van der Waals surface area contributed by atoms with Gasteiger partial charge in [0.05, 0.1) is 44.1 Å². The Bertz CT molecular complexity index is 8050. The number of hydrogen-bond acceptors (Lipinski definition) is 2. The Kier molecular flexibility index (Phi) is 14.5. The largest absolute Gasteiger partial charge is 0.309 e. The van der Waals surface area contributed by atoms with Gasteiger partial charge in [0.25, 0.3) is 0 Å². The van der Waals surface area contributed by atoms with Crippen LogP contribution in [0.3, 0.4) is 0 Å². The summed E-state index contributed by atoms with van der Waals surface area (Å²) in [5, 5.41) is 15.0. The predicted octanol–water partition coefficient (Wildman–Crippen LogP) is 30.5. The second kappa shape index (κ2) is 25.6. The topological polar surface area (TPSA) is 19.7 Å². The summed E-state index contributed by atoms with van der Waals surface area (Å²) in [7, 11) is 0. The SMILES string of the molecule is c1ccc(-n2c3ccccc3c3c(-c4cccc5c6ccccc6n(-c6ccc(-c7ccc(-c8ccc9sc%10c(-c%11ccc(-c%12cccc%13c%12c%12ccccc%12n%13-c%12ccccc%12)c%12c%11c%11ccccc%11n%12-c%11ccc(-c%12ccc(-c%13cccc%14c%13sc%13ccccc%13%14)cc%12)cc%11)cccc%10c9c8)cc7)cc6)c45)cccc32)cc1. The lowest BCUT2D eigenvalue weighted by atomic mass is 9.92. The van der Waals surface area contributed by atoms with Gasteiger partial charge in [0.15, 0.2) is 0 Å². The maximum atomic E-state index is 2.55. The summed E-state index contributed by atoms with van der Waals surface area (Å²) >= 11 is 3.78. The molecule has 0 aliphatic rings. The van der Waals surface area contributed by atoms with E-state index in [4.69, 9.17) is 0 Å². The number of aromatic nitrogens is 4. The highest BCUT2D eigenvalue weighted by Crippen LogP contribution is 2.52. The van der Waals surface area contributed by atoms with Crippen LogP contribution in [0.15, 0.2) is 400 Å². The molecule has 24 rings (SSSR count). The van der Waals surface area contributed by atoms with Gasteiger partial charge in [-0.05, 0) is 164 Å². The van der Waals surface area contributed by atoms with Crippen LogP contribution in [-0.2, 0) is 0 Å². The summed E-state index contributed by atoms with van der Waals surface area (Å²) in [6.07, 6.45) is 0. The Hall–Kier alpha value is -14.4. The molecule has 0 aliphatic heterocycles. The van der Waals surface area contributed by atoms with Gasteiger partial charge in [0.1, 0.15) is 0 Å². The van der Waals surface area contributed by atoms with Crippen LogP contribution in [0.25, 0.3) is 228 Å². The third-order valence-electron chi connectivity index (χ3n) is 24.0. The lowest BCUT2D eigenvalue weighted by Gasteiger charge is -2.16. The number of para-hydroxylation sites is 7. The highest BCUT2D eigenvalue weighted by molar-refractivity contribution is 7.26. The lowest BCUT2D eigenvalue weighted by Crippen LogP contribution is -1.97. The van der Waals surface area contributed by atoms with E-state index in [2.05, 4.69) is 419 Å². The average Bonchev–Trinajstić information content (AvgIpc) is 1.55. The second-order valence-electron chi connectivity index (χ2n) is 30.1. The lowest BCUT2D eigenvalue weighted by molar-refractivity contribution is 1.18. The summed E-state index contributed by atoms with van der Waals surface area (Å²) in [6.45, 7) is 0. The van der Waals surface area contributed by atoms with E-state index in [1.54, 1.807) is 0 Å². The van der Waals surface area contributed by atoms with Crippen LogP contribution in [0.1, 0.15) is 0 Å². The van der Waals surface area contributed by atoms with Gasteiger partial charge in [0, 0.05) is 123 Å². The summed E-state index contributed by atoms with van der Waals surface area (Å²) in [5.41, 5.74) is 30.8. The monoisotopic (exact) mass is 1480 g/mol. The van der Waals surface area contributed by atoms with E-state index < -0.39 is 0 Å². The van der Waals surface area contributed by atoms with Gasteiger partial charge in [-0.15, -0.1) is 22.7 Å². The molecule has 0 bridgehead atoms. The molecule has 6 heterocycles. The first-order valence-corrected chi connectivity index (χ1v) is 40.7. The van der Waals surface area contributed by atoms with Crippen molar-refractivity contribution >= 4 is 150 Å². The normalized spacial score (nSPS) is 12.0. The van der Waals surface area contributed by atoms with Crippen LogP contribution >= 0.6 is 22.7 Å². The first kappa shape index (κ1) is 64.4. The van der Waals surface area contributed by atoms with Gasteiger partial charge in [-0.3, -0.25) is 0 Å². The van der Waals surface area contributed by atoms with E-state index in [-0.39, 0.29) is 0 Å². The second-order valence-corrected chi connectivity index (χ2v) is 32.2. The quantitative estimate of drug-likeness (QED) is 0.123. The molecule has 0 radical (unpaired) electrons. The van der Waals surface area contributed by atoms with Gasteiger partial charge in [-0.25, -0.2) is 0 Å². The third kappa shape index (κ3) is 9.82. The summed E-state index contributed by atoms with van der Waals surface area (Å²) in [4.78, 5) is 0. The van der Waals surface area contributed by atoms with Crippen molar-refractivity contribution in [3.8, 4) is 101 Å². The maximum Gasteiger partial charge on any atom is 0.0625 e. The van der Waals surface area contributed by atoms with Gasteiger partial charge in [-0.2, -0.15) is 0 Å². The zero-order valence-electron chi connectivity index (χ0n) is 61.7. The fourth-order valence-corrected chi connectivity index (χ4v) is 21.4. The van der Waals surface area contributed by atoms with E-state index in [1.165, 1.54) is 200 Å². The fourth-order valence-electron chi connectivity index (χ4n) is 19.0. The van der Waals surface area contributed by atoms with E-state index in [1.807, 2.05) is 22.7 Å². The van der Waals surface area contributed by atoms with Crippen LogP contribution in [0.4, 0.5) is 0 Å². The number of fused-ring (bicyclic) bond motifs is 18. The van der Waals surface area contributed by atoms with Crippen molar-refractivity contribution in [2.24, 2.45) is 0 Å². The van der Waals surface area contributed by atoms with Gasteiger partial charge < -0.3 is 18.3 Å². The van der Waals surface area contributed by atoms with Crippen LogP contribution in [0.2, 0.25) is 0 Å². The fraction of sp³-hybridized carbons (Fsp3) is 0. The smallest absolute Gasteiger partial charge is 0.0625 e. The van der Waals surface area contributed by atoms with Crippen molar-refractivity contribution in [1.82, 2.24) is 18.3 Å². The Morgan fingerprint density at radius 2 is 0.491 bits per heavy atom. The molecule has 114 heavy (non-hydrogen) atoms. The highest BCUT2D eigenvalue weighted by atomic mass is 32.1. The molecular weight excluding hydrogens is 1420 g/mol. The standard InChI is InChI=1S/C108H66N4S2/c1-3-22-74(23-4-1)109-95-40-13-8-28-90(95)102-81(32-20-43-98(102)109)85-35-18-34-84-79-26-7-12-39-94(79)111(105(84)85)76-59-54-69(55-60-76)67-46-48-71(49-47-67)73-58-65-101-93(66-73)89-38-19-37-88(108(89)114-101)83-63-64-86(82-33-21-44-99-103(82)91-29-9-14-41-96(91)110(99)75-24-5-2-6-25-75)106-104(83)92-30-10-15-42-97(92)112(106)77-61-56-70(57-62-77)68-50-52-72(53-51-68)78-31-17-36-87-80-27-11-16-45-100(80)113-107(78)87/h1-66H. The predicted molar refractivity (Wildman–Crippen MR) is 488 cm³/mol. The summed E-state index contributed by atoms with van der Waals surface area (Å²) < 4.78 is 15.1. The Labute approximate surface area is 664 Å². The molecule has 0 saturated heterocycles. The molecule has 6 heteroatoms. The molecule has 530 valence electrons. The van der Waals surface area contributed by atoms with E-state index >= 15 is 0 Å². The van der Waals surface area contributed by atoms with Crippen LogP contribution in [0, 0.1) is 0 Å². The zero-order valence-corrected chi connectivity index (χ0v) is 63.3. The van der Waals surface area contributed by atoms with Crippen molar-refractivity contribution in [2.75, 3.05) is 0 Å². The van der Waals surface area contributed by atoms with Crippen molar-refractivity contribution in [1.29, 1.82) is 0 Å². The molecule has 0 unspecified atom stereocenters. The molecule has 0 aliphatic carbocycles. The van der Waals surface area contributed by atoms with Gasteiger partial charge in [0.2, 0.25) is 0 Å². The Morgan fingerprint density at radius 1 is 0.158 bits per heavy atom.